The zero-order valence-corrected chi connectivity index (χ0v) is 8.14. The van der Waals surface area contributed by atoms with Crippen LogP contribution in [0.1, 0.15) is 33.1 Å². The molecule has 0 heterocycles. The SMILES string of the molecule is C#CCCC=CCCNC(C)C. The second-order valence-corrected chi connectivity index (χ2v) is 3.11. The average Bonchev–Trinajstić information content (AvgIpc) is 2.02. The lowest BCUT2D eigenvalue weighted by Gasteiger charge is -2.04. The van der Waals surface area contributed by atoms with Crippen LogP contribution in [0, 0.1) is 12.3 Å². The van der Waals surface area contributed by atoms with Crippen molar-refractivity contribution in [2.75, 3.05) is 6.54 Å². The third-order valence-electron chi connectivity index (χ3n) is 1.49. The summed E-state index contributed by atoms with van der Waals surface area (Å²) < 4.78 is 0. The summed E-state index contributed by atoms with van der Waals surface area (Å²) in [5, 5.41) is 3.34. The number of terminal acetylenes is 1. The quantitative estimate of drug-likeness (QED) is 0.362. The Hall–Kier alpha value is -0.740. The predicted molar refractivity (Wildman–Crippen MR) is 55.0 cm³/mol. The van der Waals surface area contributed by atoms with Gasteiger partial charge in [-0.15, -0.1) is 12.3 Å². The van der Waals surface area contributed by atoms with Crippen molar-refractivity contribution in [3.63, 3.8) is 0 Å². The molecule has 0 fully saturated rings. The fourth-order valence-electron chi connectivity index (χ4n) is 0.858. The van der Waals surface area contributed by atoms with Gasteiger partial charge in [-0.05, 0) is 19.4 Å². The van der Waals surface area contributed by atoms with Gasteiger partial charge in [-0.25, -0.2) is 0 Å². The first-order chi connectivity index (χ1) is 5.77. The van der Waals surface area contributed by atoms with E-state index in [4.69, 9.17) is 6.42 Å². The summed E-state index contributed by atoms with van der Waals surface area (Å²) in [7, 11) is 0. The van der Waals surface area contributed by atoms with Gasteiger partial charge in [0.2, 0.25) is 0 Å². The van der Waals surface area contributed by atoms with Gasteiger partial charge in [-0.1, -0.05) is 26.0 Å². The Labute approximate surface area is 76.2 Å². The summed E-state index contributed by atoms with van der Waals surface area (Å²) in [6.07, 6.45) is 12.4. The van der Waals surface area contributed by atoms with Crippen LogP contribution in [-0.4, -0.2) is 12.6 Å². The smallest absolute Gasteiger partial charge is 0.0121 e. The number of rotatable bonds is 6. The van der Waals surface area contributed by atoms with Crippen molar-refractivity contribution in [2.24, 2.45) is 0 Å². The molecule has 0 aliphatic rings. The van der Waals surface area contributed by atoms with E-state index in [1.165, 1.54) is 0 Å². The maximum absolute atomic E-state index is 5.11. The number of nitrogens with one attached hydrogen (secondary N) is 1. The summed E-state index contributed by atoms with van der Waals surface area (Å²) >= 11 is 0. The highest BCUT2D eigenvalue weighted by molar-refractivity contribution is 4.90. The van der Waals surface area contributed by atoms with E-state index in [9.17, 15) is 0 Å². The highest BCUT2D eigenvalue weighted by Crippen LogP contribution is 1.90. The Bertz CT molecular complexity index is 151. The van der Waals surface area contributed by atoms with Crippen molar-refractivity contribution in [2.45, 2.75) is 39.2 Å². The Kier molecular flexibility index (Phi) is 7.84. The number of unbranched alkanes of at least 4 members (excludes halogenated alkanes) is 1. The van der Waals surface area contributed by atoms with Crippen LogP contribution in [0.3, 0.4) is 0 Å². The van der Waals surface area contributed by atoms with Gasteiger partial charge in [0.05, 0.1) is 0 Å². The summed E-state index contributed by atoms with van der Waals surface area (Å²) in [6, 6.07) is 0.587. The molecule has 0 spiro atoms. The van der Waals surface area contributed by atoms with E-state index in [1.807, 2.05) is 0 Å². The van der Waals surface area contributed by atoms with E-state index in [0.717, 1.165) is 25.8 Å². The number of hydrogen-bond donors (Lipinski definition) is 1. The van der Waals surface area contributed by atoms with Gasteiger partial charge in [-0.2, -0.15) is 0 Å². The molecule has 0 amide bonds. The van der Waals surface area contributed by atoms with Crippen molar-refractivity contribution in [1.29, 1.82) is 0 Å². The number of allylic oxidation sites excluding steroid dienone is 1. The molecule has 0 radical (unpaired) electrons. The second kappa shape index (κ2) is 8.36. The molecule has 0 aromatic carbocycles. The minimum Gasteiger partial charge on any atom is -0.314 e. The molecule has 1 nitrogen and oxygen atoms in total. The highest BCUT2D eigenvalue weighted by atomic mass is 14.9. The fourth-order valence-corrected chi connectivity index (χ4v) is 0.858. The van der Waals surface area contributed by atoms with Crippen molar-refractivity contribution in [3.8, 4) is 12.3 Å². The van der Waals surface area contributed by atoms with Gasteiger partial charge < -0.3 is 5.32 Å². The summed E-state index contributed by atoms with van der Waals surface area (Å²) in [5.74, 6) is 2.61. The van der Waals surface area contributed by atoms with Crippen molar-refractivity contribution < 1.29 is 0 Å². The fraction of sp³-hybridized carbons (Fsp3) is 0.636. The molecule has 1 N–H and O–H groups in total. The molecule has 68 valence electrons. The van der Waals surface area contributed by atoms with Gasteiger partial charge in [0.1, 0.15) is 0 Å². The number of hydrogen-bond acceptors (Lipinski definition) is 1. The van der Waals surface area contributed by atoms with E-state index in [0.29, 0.717) is 6.04 Å². The molecular weight excluding hydrogens is 146 g/mol. The third kappa shape index (κ3) is 9.26. The summed E-state index contributed by atoms with van der Waals surface area (Å²) in [4.78, 5) is 0. The van der Waals surface area contributed by atoms with Crippen LogP contribution in [0.4, 0.5) is 0 Å². The molecular formula is C11H19N. The molecule has 0 saturated carbocycles. The molecule has 0 aliphatic carbocycles. The van der Waals surface area contributed by atoms with E-state index in [-0.39, 0.29) is 0 Å². The van der Waals surface area contributed by atoms with Crippen molar-refractivity contribution >= 4 is 0 Å². The molecule has 0 aromatic rings. The molecule has 12 heavy (non-hydrogen) atoms. The lowest BCUT2D eigenvalue weighted by Crippen LogP contribution is -2.23. The first-order valence-electron chi connectivity index (χ1n) is 4.59. The molecule has 0 rings (SSSR count). The summed E-state index contributed by atoms with van der Waals surface area (Å²) in [6.45, 7) is 5.37. The molecule has 0 atom stereocenters. The van der Waals surface area contributed by atoms with Crippen LogP contribution >= 0.6 is 0 Å². The van der Waals surface area contributed by atoms with Crippen molar-refractivity contribution in [3.05, 3.63) is 12.2 Å². The Morgan fingerprint density at radius 1 is 1.33 bits per heavy atom. The summed E-state index contributed by atoms with van der Waals surface area (Å²) in [5.41, 5.74) is 0. The van der Waals surface area contributed by atoms with E-state index >= 15 is 0 Å². The van der Waals surface area contributed by atoms with Crippen LogP contribution in [0.15, 0.2) is 12.2 Å². The topological polar surface area (TPSA) is 12.0 Å². The standard InChI is InChI=1S/C11H19N/c1-4-5-6-7-8-9-10-12-11(2)3/h1,7-8,11-12H,5-6,9-10H2,2-3H3. The zero-order valence-electron chi connectivity index (χ0n) is 8.14. The molecule has 0 bridgehead atoms. The Morgan fingerprint density at radius 3 is 2.58 bits per heavy atom. The van der Waals surface area contributed by atoms with Gasteiger partial charge in [0.25, 0.3) is 0 Å². The van der Waals surface area contributed by atoms with Crippen molar-refractivity contribution in [1.82, 2.24) is 5.32 Å². The lowest BCUT2D eigenvalue weighted by atomic mass is 10.2. The molecule has 0 aliphatic heterocycles. The normalized spacial score (nSPS) is 10.8. The van der Waals surface area contributed by atoms with Crippen LogP contribution in [0.25, 0.3) is 0 Å². The Balaban J connectivity index is 3.09. The molecule has 0 aromatic heterocycles. The molecule has 0 unspecified atom stereocenters. The van der Waals surface area contributed by atoms with Crippen LogP contribution in [0.2, 0.25) is 0 Å². The van der Waals surface area contributed by atoms with E-state index in [2.05, 4.69) is 37.2 Å². The molecule has 0 saturated heterocycles. The monoisotopic (exact) mass is 165 g/mol. The first kappa shape index (κ1) is 11.3. The minimum absolute atomic E-state index is 0.587. The maximum Gasteiger partial charge on any atom is 0.0121 e. The largest absolute Gasteiger partial charge is 0.314 e. The first-order valence-corrected chi connectivity index (χ1v) is 4.59. The Morgan fingerprint density at radius 2 is 2.00 bits per heavy atom. The van der Waals surface area contributed by atoms with Crippen LogP contribution < -0.4 is 5.32 Å². The van der Waals surface area contributed by atoms with Gasteiger partial charge in [0.15, 0.2) is 0 Å². The van der Waals surface area contributed by atoms with Gasteiger partial charge in [-0.3, -0.25) is 0 Å². The maximum atomic E-state index is 5.11. The average molecular weight is 165 g/mol. The predicted octanol–water partition coefficient (Wildman–Crippen LogP) is 2.34. The second-order valence-electron chi connectivity index (χ2n) is 3.11. The van der Waals surface area contributed by atoms with Gasteiger partial charge in [0, 0.05) is 12.5 Å². The van der Waals surface area contributed by atoms with Crippen LogP contribution in [0.5, 0.6) is 0 Å². The van der Waals surface area contributed by atoms with Gasteiger partial charge >= 0.3 is 0 Å². The zero-order chi connectivity index (χ0) is 9.23. The lowest BCUT2D eigenvalue weighted by molar-refractivity contribution is 0.594. The minimum atomic E-state index is 0.587. The third-order valence-corrected chi connectivity index (χ3v) is 1.49. The van der Waals surface area contributed by atoms with E-state index in [1.54, 1.807) is 0 Å². The van der Waals surface area contributed by atoms with E-state index < -0.39 is 0 Å². The molecule has 1 heteroatoms. The highest BCUT2D eigenvalue weighted by Gasteiger charge is 1.87. The van der Waals surface area contributed by atoms with Crippen LogP contribution in [-0.2, 0) is 0 Å².